The first kappa shape index (κ1) is 14.7. The van der Waals surface area contributed by atoms with Gasteiger partial charge in [0.2, 0.25) is 0 Å². The first-order valence-electron chi connectivity index (χ1n) is 6.23. The van der Waals surface area contributed by atoms with E-state index in [4.69, 9.17) is 0 Å². The molecule has 0 aliphatic heterocycles. The van der Waals surface area contributed by atoms with E-state index in [1.165, 1.54) is 0 Å². The van der Waals surface area contributed by atoms with Gasteiger partial charge >= 0.3 is 0 Å². The van der Waals surface area contributed by atoms with Crippen LogP contribution in [0.15, 0.2) is 5.38 Å². The SMILES string of the molecule is CC(C)(C)c1csc(CCC(O)C(C)(C)C)n1. The van der Waals surface area contributed by atoms with Gasteiger partial charge in [-0.3, -0.25) is 0 Å². The zero-order valence-electron chi connectivity index (χ0n) is 11.9. The maximum Gasteiger partial charge on any atom is 0.0929 e. The van der Waals surface area contributed by atoms with Gasteiger partial charge in [0.1, 0.15) is 0 Å². The standard InChI is InChI=1S/C14H25NOS/c1-13(2,3)10-9-17-12(15-10)8-7-11(16)14(4,5)6/h9,11,16H,7-8H2,1-6H3. The summed E-state index contributed by atoms with van der Waals surface area (Å²) in [7, 11) is 0. The van der Waals surface area contributed by atoms with Gasteiger partial charge < -0.3 is 5.11 Å². The molecule has 1 atom stereocenters. The van der Waals surface area contributed by atoms with Crippen molar-refractivity contribution < 1.29 is 5.11 Å². The number of rotatable bonds is 3. The molecule has 1 aromatic rings. The second-order valence-electron chi connectivity index (χ2n) is 6.80. The first-order chi connectivity index (χ1) is 7.60. The largest absolute Gasteiger partial charge is 0.393 e. The summed E-state index contributed by atoms with van der Waals surface area (Å²) in [4.78, 5) is 4.64. The third-order valence-electron chi connectivity index (χ3n) is 2.95. The Balaban J connectivity index is 2.57. The fourth-order valence-electron chi connectivity index (χ4n) is 1.46. The van der Waals surface area contributed by atoms with Gasteiger partial charge in [-0.05, 0) is 11.8 Å². The van der Waals surface area contributed by atoms with Crippen LogP contribution in [0.2, 0.25) is 0 Å². The third kappa shape index (κ3) is 4.40. The van der Waals surface area contributed by atoms with E-state index < -0.39 is 0 Å². The van der Waals surface area contributed by atoms with E-state index in [0.717, 1.165) is 23.5 Å². The number of nitrogens with zero attached hydrogens (tertiary/aromatic N) is 1. The number of hydrogen-bond acceptors (Lipinski definition) is 3. The van der Waals surface area contributed by atoms with Gasteiger partial charge in [0.15, 0.2) is 0 Å². The molecule has 1 rings (SSSR count). The Hall–Kier alpha value is -0.410. The summed E-state index contributed by atoms with van der Waals surface area (Å²) >= 11 is 1.71. The Morgan fingerprint density at radius 1 is 1.24 bits per heavy atom. The molecule has 0 aromatic carbocycles. The average molecular weight is 255 g/mol. The molecule has 0 radical (unpaired) electrons. The maximum atomic E-state index is 9.99. The minimum atomic E-state index is -0.260. The van der Waals surface area contributed by atoms with E-state index in [2.05, 4.69) is 51.9 Å². The fraction of sp³-hybridized carbons (Fsp3) is 0.786. The predicted octanol–water partition coefficient (Wildman–Crippen LogP) is 3.78. The van der Waals surface area contributed by atoms with Crippen LogP contribution in [0, 0.1) is 5.41 Å². The summed E-state index contributed by atoms with van der Waals surface area (Å²) in [6, 6.07) is 0. The lowest BCUT2D eigenvalue weighted by Gasteiger charge is -2.25. The second-order valence-corrected chi connectivity index (χ2v) is 7.74. The molecule has 0 spiro atoms. The van der Waals surface area contributed by atoms with Gasteiger partial charge in [0.25, 0.3) is 0 Å². The zero-order valence-corrected chi connectivity index (χ0v) is 12.7. The summed E-state index contributed by atoms with van der Waals surface area (Å²) in [6.07, 6.45) is 1.41. The lowest BCUT2D eigenvalue weighted by atomic mass is 9.86. The van der Waals surface area contributed by atoms with Crippen molar-refractivity contribution >= 4 is 11.3 Å². The lowest BCUT2D eigenvalue weighted by Crippen LogP contribution is -2.26. The monoisotopic (exact) mass is 255 g/mol. The van der Waals surface area contributed by atoms with E-state index in [1.807, 2.05) is 0 Å². The Morgan fingerprint density at radius 2 is 1.82 bits per heavy atom. The molecule has 0 fully saturated rings. The Kier molecular flexibility index (Phi) is 4.37. The van der Waals surface area contributed by atoms with E-state index in [-0.39, 0.29) is 16.9 Å². The molecule has 1 N–H and O–H groups in total. The summed E-state index contributed by atoms with van der Waals surface area (Å²) in [5, 5.41) is 13.3. The number of aliphatic hydroxyl groups excluding tert-OH is 1. The number of thiazole rings is 1. The van der Waals surface area contributed by atoms with Crippen molar-refractivity contribution in [3.8, 4) is 0 Å². The number of aromatic nitrogens is 1. The molecule has 1 heterocycles. The zero-order chi connectivity index (χ0) is 13.3. The molecule has 98 valence electrons. The normalized spacial score (nSPS) is 15.0. The van der Waals surface area contributed by atoms with Crippen molar-refractivity contribution in [2.75, 3.05) is 0 Å². The highest BCUT2D eigenvalue weighted by molar-refractivity contribution is 7.09. The highest BCUT2D eigenvalue weighted by Gasteiger charge is 2.23. The van der Waals surface area contributed by atoms with Crippen LogP contribution < -0.4 is 0 Å². The van der Waals surface area contributed by atoms with E-state index in [1.54, 1.807) is 11.3 Å². The van der Waals surface area contributed by atoms with E-state index in [0.29, 0.717) is 0 Å². The van der Waals surface area contributed by atoms with Gasteiger partial charge in [-0.2, -0.15) is 0 Å². The van der Waals surface area contributed by atoms with E-state index in [9.17, 15) is 5.11 Å². The van der Waals surface area contributed by atoms with Crippen LogP contribution in [-0.2, 0) is 11.8 Å². The number of hydrogen-bond donors (Lipinski definition) is 1. The molecule has 0 aliphatic rings. The molecule has 0 amide bonds. The van der Waals surface area contributed by atoms with Crippen LogP contribution in [0.1, 0.15) is 58.7 Å². The van der Waals surface area contributed by atoms with Gasteiger partial charge in [0.05, 0.1) is 16.8 Å². The molecular weight excluding hydrogens is 230 g/mol. The van der Waals surface area contributed by atoms with Gasteiger partial charge in [-0.25, -0.2) is 4.98 Å². The molecule has 2 nitrogen and oxygen atoms in total. The third-order valence-corrected chi connectivity index (χ3v) is 3.86. The van der Waals surface area contributed by atoms with Crippen molar-refractivity contribution in [1.82, 2.24) is 4.98 Å². The van der Waals surface area contributed by atoms with Crippen molar-refractivity contribution in [1.29, 1.82) is 0 Å². The molecule has 17 heavy (non-hydrogen) atoms. The molecule has 0 aliphatic carbocycles. The van der Waals surface area contributed by atoms with Gasteiger partial charge in [-0.15, -0.1) is 11.3 Å². The van der Waals surface area contributed by atoms with Crippen LogP contribution in [0.3, 0.4) is 0 Å². The number of aliphatic hydroxyl groups is 1. The highest BCUT2D eigenvalue weighted by Crippen LogP contribution is 2.26. The van der Waals surface area contributed by atoms with Crippen LogP contribution in [0.25, 0.3) is 0 Å². The molecule has 1 unspecified atom stereocenters. The topological polar surface area (TPSA) is 33.1 Å². The summed E-state index contributed by atoms with van der Waals surface area (Å²) in [5.74, 6) is 0. The van der Waals surface area contributed by atoms with E-state index >= 15 is 0 Å². The van der Waals surface area contributed by atoms with Crippen molar-refractivity contribution in [2.24, 2.45) is 5.41 Å². The summed E-state index contributed by atoms with van der Waals surface area (Å²) in [6.45, 7) is 12.7. The second kappa shape index (κ2) is 5.07. The molecule has 1 aromatic heterocycles. The average Bonchev–Trinajstić information content (AvgIpc) is 2.59. The minimum absolute atomic E-state index is 0.0376. The number of aryl methyl sites for hydroxylation is 1. The maximum absolute atomic E-state index is 9.99. The first-order valence-corrected chi connectivity index (χ1v) is 7.11. The summed E-state index contributed by atoms with van der Waals surface area (Å²) in [5.41, 5.74) is 1.24. The van der Waals surface area contributed by atoms with Crippen molar-refractivity contribution in [3.63, 3.8) is 0 Å². The Bertz CT molecular complexity index is 357. The van der Waals surface area contributed by atoms with Gasteiger partial charge in [-0.1, -0.05) is 41.5 Å². The van der Waals surface area contributed by atoms with Crippen molar-refractivity contribution in [3.05, 3.63) is 16.1 Å². The highest BCUT2D eigenvalue weighted by atomic mass is 32.1. The molecule has 0 saturated carbocycles. The van der Waals surface area contributed by atoms with Crippen LogP contribution in [0.5, 0.6) is 0 Å². The fourth-order valence-corrected chi connectivity index (χ4v) is 2.50. The molecule has 0 bridgehead atoms. The molecule has 0 saturated heterocycles. The Morgan fingerprint density at radius 3 is 2.24 bits per heavy atom. The lowest BCUT2D eigenvalue weighted by molar-refractivity contribution is 0.0560. The van der Waals surface area contributed by atoms with Crippen LogP contribution in [0.4, 0.5) is 0 Å². The molecule has 3 heteroatoms. The summed E-state index contributed by atoms with van der Waals surface area (Å²) < 4.78 is 0. The van der Waals surface area contributed by atoms with Crippen molar-refractivity contribution in [2.45, 2.75) is 65.9 Å². The van der Waals surface area contributed by atoms with Crippen LogP contribution in [-0.4, -0.2) is 16.2 Å². The smallest absolute Gasteiger partial charge is 0.0929 e. The van der Waals surface area contributed by atoms with Crippen LogP contribution >= 0.6 is 11.3 Å². The molecular formula is C14H25NOS. The predicted molar refractivity (Wildman–Crippen MR) is 74.6 cm³/mol. The quantitative estimate of drug-likeness (QED) is 0.891. The minimum Gasteiger partial charge on any atom is -0.393 e. The van der Waals surface area contributed by atoms with Gasteiger partial charge in [0, 0.05) is 17.2 Å². The Labute approximate surface area is 109 Å².